The van der Waals surface area contributed by atoms with E-state index in [9.17, 15) is 4.79 Å². The predicted octanol–water partition coefficient (Wildman–Crippen LogP) is 3.43. The molecule has 2 N–H and O–H groups in total. The zero-order valence-electron chi connectivity index (χ0n) is 11.7. The lowest BCUT2D eigenvalue weighted by Crippen LogP contribution is -2.05. The number of para-hydroxylation sites is 3. The van der Waals surface area contributed by atoms with Crippen LogP contribution in [0, 0.1) is 0 Å². The lowest BCUT2D eigenvalue weighted by molar-refractivity contribution is 0.0692. The number of benzene rings is 2. The molecule has 3 rings (SSSR count). The van der Waals surface area contributed by atoms with Gasteiger partial charge in [0.15, 0.2) is 5.16 Å². The van der Waals surface area contributed by atoms with Crippen LogP contribution < -0.4 is 4.74 Å². The van der Waals surface area contributed by atoms with Crippen molar-refractivity contribution in [2.75, 3.05) is 12.4 Å². The topological polar surface area (TPSA) is 75.2 Å². The van der Waals surface area contributed by atoms with Crippen molar-refractivity contribution in [1.29, 1.82) is 0 Å². The summed E-state index contributed by atoms with van der Waals surface area (Å²) < 4.78 is 5.55. The molecule has 0 saturated carbocycles. The van der Waals surface area contributed by atoms with Crippen LogP contribution in [0.1, 0.15) is 10.4 Å². The quantitative estimate of drug-likeness (QED) is 0.538. The number of aromatic carboxylic acids is 1. The number of ether oxygens (including phenoxy) is 1. The minimum absolute atomic E-state index is 0.177. The van der Waals surface area contributed by atoms with Gasteiger partial charge in [-0.25, -0.2) is 9.78 Å². The number of thioether (sulfide) groups is 1. The summed E-state index contributed by atoms with van der Waals surface area (Å²) in [5.41, 5.74) is 2.11. The van der Waals surface area contributed by atoms with E-state index in [0.29, 0.717) is 18.1 Å². The van der Waals surface area contributed by atoms with Crippen LogP contribution in [0.2, 0.25) is 0 Å². The molecule has 6 heteroatoms. The zero-order chi connectivity index (χ0) is 15.4. The van der Waals surface area contributed by atoms with E-state index in [0.717, 1.165) is 16.2 Å². The average molecular weight is 314 g/mol. The van der Waals surface area contributed by atoms with Crippen LogP contribution in [-0.4, -0.2) is 33.4 Å². The monoisotopic (exact) mass is 314 g/mol. The summed E-state index contributed by atoms with van der Waals surface area (Å²) in [4.78, 5) is 18.8. The van der Waals surface area contributed by atoms with Crippen LogP contribution in [-0.2, 0) is 0 Å². The first-order valence-electron chi connectivity index (χ1n) is 6.77. The number of hydrogen-bond donors (Lipinski definition) is 2. The SMILES string of the molecule is O=C(O)c1ccccc1OCCSc1nc2ccccc2[nH]1. The van der Waals surface area contributed by atoms with Crippen molar-refractivity contribution in [3.63, 3.8) is 0 Å². The van der Waals surface area contributed by atoms with E-state index in [2.05, 4.69) is 9.97 Å². The molecule has 0 spiro atoms. The van der Waals surface area contributed by atoms with E-state index >= 15 is 0 Å². The lowest BCUT2D eigenvalue weighted by Gasteiger charge is -2.07. The average Bonchev–Trinajstić information content (AvgIpc) is 2.94. The van der Waals surface area contributed by atoms with Gasteiger partial charge < -0.3 is 14.8 Å². The molecule has 0 unspecified atom stereocenters. The standard InChI is InChI=1S/C16H14N2O3S/c19-15(20)11-5-1-4-8-14(11)21-9-10-22-16-17-12-6-2-3-7-13(12)18-16/h1-8H,9-10H2,(H,17,18)(H,19,20). The first kappa shape index (κ1) is 14.5. The first-order valence-corrected chi connectivity index (χ1v) is 7.75. The normalized spacial score (nSPS) is 10.7. The Morgan fingerprint density at radius 3 is 2.77 bits per heavy atom. The number of imidazole rings is 1. The molecule has 1 heterocycles. The fraction of sp³-hybridized carbons (Fsp3) is 0.125. The Bertz CT molecular complexity index is 768. The predicted molar refractivity (Wildman–Crippen MR) is 85.7 cm³/mol. The second-order valence-electron chi connectivity index (χ2n) is 4.56. The highest BCUT2D eigenvalue weighted by Crippen LogP contribution is 2.21. The lowest BCUT2D eigenvalue weighted by atomic mass is 10.2. The number of rotatable bonds is 6. The molecule has 0 atom stereocenters. The molecular formula is C16H14N2O3S. The van der Waals surface area contributed by atoms with Gasteiger partial charge in [-0.2, -0.15) is 0 Å². The summed E-state index contributed by atoms with van der Waals surface area (Å²) in [7, 11) is 0. The molecule has 2 aromatic carbocycles. The Morgan fingerprint density at radius 2 is 1.95 bits per heavy atom. The van der Waals surface area contributed by atoms with Gasteiger partial charge in [0, 0.05) is 5.75 Å². The minimum Gasteiger partial charge on any atom is -0.492 e. The molecule has 0 aliphatic carbocycles. The van der Waals surface area contributed by atoms with Crippen LogP contribution >= 0.6 is 11.8 Å². The molecule has 0 amide bonds. The zero-order valence-corrected chi connectivity index (χ0v) is 12.5. The molecular weight excluding hydrogens is 300 g/mol. The van der Waals surface area contributed by atoms with Crippen molar-refractivity contribution >= 4 is 28.8 Å². The first-order chi connectivity index (χ1) is 10.7. The molecule has 0 saturated heterocycles. The fourth-order valence-electron chi connectivity index (χ4n) is 2.06. The third-order valence-electron chi connectivity index (χ3n) is 3.06. The number of carbonyl (C=O) groups is 1. The minimum atomic E-state index is -0.986. The maximum atomic E-state index is 11.1. The van der Waals surface area contributed by atoms with Crippen LogP contribution in [0.4, 0.5) is 0 Å². The van der Waals surface area contributed by atoms with Crippen LogP contribution in [0.3, 0.4) is 0 Å². The molecule has 3 aromatic rings. The Kier molecular flexibility index (Phi) is 4.29. The smallest absolute Gasteiger partial charge is 0.339 e. The van der Waals surface area contributed by atoms with E-state index in [1.807, 2.05) is 24.3 Å². The van der Waals surface area contributed by atoms with Gasteiger partial charge in [-0.1, -0.05) is 36.0 Å². The summed E-state index contributed by atoms with van der Waals surface area (Å²) in [6, 6.07) is 14.5. The van der Waals surface area contributed by atoms with Gasteiger partial charge in [-0.15, -0.1) is 0 Å². The number of fused-ring (bicyclic) bond motifs is 1. The number of carboxylic acids is 1. The number of carboxylic acid groups (broad SMARTS) is 1. The van der Waals surface area contributed by atoms with Gasteiger partial charge in [0.1, 0.15) is 11.3 Å². The second-order valence-corrected chi connectivity index (χ2v) is 5.64. The number of hydrogen-bond acceptors (Lipinski definition) is 4. The van der Waals surface area contributed by atoms with Crippen molar-refractivity contribution in [1.82, 2.24) is 9.97 Å². The molecule has 0 fully saturated rings. The third-order valence-corrected chi connectivity index (χ3v) is 3.90. The molecule has 5 nitrogen and oxygen atoms in total. The number of nitrogens with zero attached hydrogens (tertiary/aromatic N) is 1. The maximum absolute atomic E-state index is 11.1. The summed E-state index contributed by atoms with van der Waals surface area (Å²) in [5, 5.41) is 9.91. The Morgan fingerprint density at radius 1 is 1.18 bits per heavy atom. The van der Waals surface area contributed by atoms with E-state index in [1.165, 1.54) is 6.07 Å². The third kappa shape index (κ3) is 3.23. The number of aromatic nitrogens is 2. The summed E-state index contributed by atoms with van der Waals surface area (Å²) in [6.45, 7) is 0.409. The van der Waals surface area contributed by atoms with Crippen LogP contribution in [0.15, 0.2) is 53.7 Å². The summed E-state index contributed by atoms with van der Waals surface area (Å²) in [6.07, 6.45) is 0. The Balaban J connectivity index is 1.56. The molecule has 0 bridgehead atoms. The van der Waals surface area contributed by atoms with E-state index < -0.39 is 5.97 Å². The van der Waals surface area contributed by atoms with Crippen molar-refractivity contribution in [3.05, 3.63) is 54.1 Å². The van der Waals surface area contributed by atoms with Gasteiger partial charge in [0.25, 0.3) is 0 Å². The highest BCUT2D eigenvalue weighted by Gasteiger charge is 2.10. The number of aromatic amines is 1. The fourth-order valence-corrected chi connectivity index (χ4v) is 2.76. The molecule has 0 aliphatic rings. The number of H-pyrrole nitrogens is 1. The van der Waals surface area contributed by atoms with Crippen molar-refractivity contribution in [3.8, 4) is 5.75 Å². The van der Waals surface area contributed by atoms with Gasteiger partial charge in [-0.05, 0) is 24.3 Å². The summed E-state index contributed by atoms with van der Waals surface area (Å²) in [5.74, 6) is 0.0778. The molecule has 112 valence electrons. The molecule has 1 aromatic heterocycles. The largest absolute Gasteiger partial charge is 0.492 e. The van der Waals surface area contributed by atoms with Crippen molar-refractivity contribution < 1.29 is 14.6 Å². The van der Waals surface area contributed by atoms with Crippen molar-refractivity contribution in [2.45, 2.75) is 5.16 Å². The van der Waals surface area contributed by atoms with Crippen molar-refractivity contribution in [2.24, 2.45) is 0 Å². The van der Waals surface area contributed by atoms with E-state index in [-0.39, 0.29) is 5.56 Å². The molecule has 22 heavy (non-hydrogen) atoms. The second kappa shape index (κ2) is 6.53. The van der Waals surface area contributed by atoms with Crippen LogP contribution in [0.25, 0.3) is 11.0 Å². The summed E-state index contributed by atoms with van der Waals surface area (Å²) >= 11 is 1.54. The van der Waals surface area contributed by atoms with E-state index in [4.69, 9.17) is 9.84 Å². The maximum Gasteiger partial charge on any atom is 0.339 e. The highest BCUT2D eigenvalue weighted by molar-refractivity contribution is 7.99. The van der Waals surface area contributed by atoms with Gasteiger partial charge in [0.2, 0.25) is 0 Å². The Labute approximate surface area is 131 Å². The number of nitrogens with one attached hydrogen (secondary N) is 1. The van der Waals surface area contributed by atoms with Gasteiger partial charge in [0.05, 0.1) is 17.6 Å². The molecule has 0 aliphatic heterocycles. The van der Waals surface area contributed by atoms with E-state index in [1.54, 1.807) is 30.0 Å². The highest BCUT2D eigenvalue weighted by atomic mass is 32.2. The van der Waals surface area contributed by atoms with Gasteiger partial charge >= 0.3 is 5.97 Å². The Hall–Kier alpha value is -2.47. The molecule has 0 radical (unpaired) electrons. The van der Waals surface area contributed by atoms with Gasteiger partial charge in [-0.3, -0.25) is 0 Å². The van der Waals surface area contributed by atoms with Crippen LogP contribution in [0.5, 0.6) is 5.75 Å².